The van der Waals surface area contributed by atoms with Crippen LogP contribution in [0.2, 0.25) is 0 Å². The summed E-state index contributed by atoms with van der Waals surface area (Å²) in [5.41, 5.74) is 0.734. The maximum atomic E-state index is 12.2. The molecule has 0 aliphatic carbocycles. The normalized spacial score (nSPS) is 20.3. The van der Waals surface area contributed by atoms with Gasteiger partial charge in [0.25, 0.3) is 0 Å². The number of anilines is 1. The van der Waals surface area contributed by atoms with Crippen LogP contribution < -0.4 is 10.6 Å². The average Bonchev–Trinajstić information content (AvgIpc) is 2.97. The highest BCUT2D eigenvalue weighted by Gasteiger charge is 2.22. The molecule has 1 fully saturated rings. The second-order valence-electron chi connectivity index (χ2n) is 5.77. The van der Waals surface area contributed by atoms with Crippen molar-refractivity contribution in [3.8, 4) is 0 Å². The standard InChI is InChI=1S/C15H21N5O/c1-11(12-3-2-6-16-10-12)9-15(21)19-14-4-7-17-13-5-8-18-20(13)14/h4-5,7-8,11-12,16H,2-3,6,9-10H2,1H3,(H,19,21). The molecule has 0 spiro atoms. The number of hydrogen-bond acceptors (Lipinski definition) is 4. The maximum Gasteiger partial charge on any atom is 0.225 e. The van der Waals surface area contributed by atoms with Crippen LogP contribution in [0, 0.1) is 11.8 Å². The lowest BCUT2D eigenvalue weighted by molar-refractivity contribution is -0.117. The molecule has 1 aliphatic heterocycles. The van der Waals surface area contributed by atoms with Gasteiger partial charge in [-0.2, -0.15) is 9.61 Å². The van der Waals surface area contributed by atoms with Crippen LogP contribution in [-0.2, 0) is 4.79 Å². The number of nitrogens with zero attached hydrogens (tertiary/aromatic N) is 3. The SMILES string of the molecule is CC(CC(=O)Nc1ccnc2ccnn12)C1CCCNC1. The van der Waals surface area contributed by atoms with E-state index in [4.69, 9.17) is 0 Å². The molecule has 2 aromatic rings. The van der Waals surface area contributed by atoms with Gasteiger partial charge in [0, 0.05) is 18.7 Å². The summed E-state index contributed by atoms with van der Waals surface area (Å²) < 4.78 is 1.64. The third-order valence-electron chi connectivity index (χ3n) is 4.20. The van der Waals surface area contributed by atoms with Crippen molar-refractivity contribution in [1.29, 1.82) is 0 Å². The highest BCUT2D eigenvalue weighted by atomic mass is 16.1. The lowest BCUT2D eigenvalue weighted by Crippen LogP contribution is -2.34. The molecule has 2 aromatic heterocycles. The fourth-order valence-electron chi connectivity index (χ4n) is 2.95. The number of aromatic nitrogens is 3. The molecular weight excluding hydrogens is 266 g/mol. The van der Waals surface area contributed by atoms with Gasteiger partial charge in [0.2, 0.25) is 5.91 Å². The van der Waals surface area contributed by atoms with Crippen LogP contribution in [0.4, 0.5) is 5.82 Å². The van der Waals surface area contributed by atoms with E-state index in [1.807, 2.05) is 6.07 Å². The third kappa shape index (κ3) is 3.21. The van der Waals surface area contributed by atoms with Gasteiger partial charge < -0.3 is 10.6 Å². The quantitative estimate of drug-likeness (QED) is 0.897. The number of rotatable bonds is 4. The second-order valence-corrected chi connectivity index (χ2v) is 5.77. The average molecular weight is 287 g/mol. The minimum absolute atomic E-state index is 0.0380. The topological polar surface area (TPSA) is 71.3 Å². The summed E-state index contributed by atoms with van der Waals surface area (Å²) in [6.07, 6.45) is 6.31. The van der Waals surface area contributed by atoms with Gasteiger partial charge in [0.1, 0.15) is 5.82 Å². The van der Waals surface area contributed by atoms with E-state index >= 15 is 0 Å². The van der Waals surface area contributed by atoms with E-state index in [-0.39, 0.29) is 5.91 Å². The van der Waals surface area contributed by atoms with Crippen molar-refractivity contribution in [1.82, 2.24) is 19.9 Å². The Morgan fingerprint density at radius 3 is 3.24 bits per heavy atom. The predicted molar refractivity (Wildman–Crippen MR) is 81.0 cm³/mol. The molecule has 0 saturated carbocycles. The highest BCUT2D eigenvalue weighted by Crippen LogP contribution is 2.23. The molecule has 6 nitrogen and oxygen atoms in total. The fourth-order valence-corrected chi connectivity index (χ4v) is 2.95. The van der Waals surface area contributed by atoms with Crippen LogP contribution in [0.5, 0.6) is 0 Å². The Hall–Kier alpha value is -1.95. The zero-order valence-electron chi connectivity index (χ0n) is 12.2. The van der Waals surface area contributed by atoms with Crippen molar-refractivity contribution in [2.75, 3.05) is 18.4 Å². The molecule has 3 heterocycles. The summed E-state index contributed by atoms with van der Waals surface area (Å²) in [5, 5.41) is 10.5. The second kappa shape index (κ2) is 6.22. The summed E-state index contributed by atoms with van der Waals surface area (Å²) in [4.78, 5) is 16.4. The number of fused-ring (bicyclic) bond motifs is 1. The molecule has 1 aliphatic rings. The zero-order chi connectivity index (χ0) is 14.7. The highest BCUT2D eigenvalue weighted by molar-refractivity contribution is 5.90. The first-order valence-corrected chi connectivity index (χ1v) is 7.53. The number of hydrogen-bond donors (Lipinski definition) is 2. The molecule has 6 heteroatoms. The van der Waals surface area contributed by atoms with E-state index in [1.165, 1.54) is 12.8 Å². The summed E-state index contributed by atoms with van der Waals surface area (Å²) in [7, 11) is 0. The number of nitrogens with one attached hydrogen (secondary N) is 2. The first kappa shape index (κ1) is 14.0. The maximum absolute atomic E-state index is 12.2. The van der Waals surface area contributed by atoms with Crippen LogP contribution in [0.3, 0.4) is 0 Å². The van der Waals surface area contributed by atoms with Crippen LogP contribution in [-0.4, -0.2) is 33.6 Å². The van der Waals surface area contributed by atoms with Gasteiger partial charge in [-0.15, -0.1) is 0 Å². The molecule has 2 N–H and O–H groups in total. The molecule has 1 saturated heterocycles. The van der Waals surface area contributed by atoms with Crippen molar-refractivity contribution in [3.63, 3.8) is 0 Å². The largest absolute Gasteiger partial charge is 0.316 e. The van der Waals surface area contributed by atoms with Crippen LogP contribution in [0.25, 0.3) is 5.65 Å². The Balaban J connectivity index is 1.62. The van der Waals surface area contributed by atoms with Gasteiger partial charge in [-0.05, 0) is 43.8 Å². The van der Waals surface area contributed by atoms with E-state index < -0.39 is 0 Å². The summed E-state index contributed by atoms with van der Waals surface area (Å²) in [5.74, 6) is 1.68. The third-order valence-corrected chi connectivity index (χ3v) is 4.20. The molecule has 112 valence electrons. The number of piperidine rings is 1. The molecule has 0 radical (unpaired) electrons. The Morgan fingerprint density at radius 1 is 1.52 bits per heavy atom. The van der Waals surface area contributed by atoms with E-state index in [9.17, 15) is 4.79 Å². The molecule has 3 rings (SSSR count). The van der Waals surface area contributed by atoms with Crippen molar-refractivity contribution < 1.29 is 4.79 Å². The summed E-state index contributed by atoms with van der Waals surface area (Å²) in [6, 6.07) is 3.58. The first-order chi connectivity index (χ1) is 10.2. The van der Waals surface area contributed by atoms with Crippen LogP contribution in [0.15, 0.2) is 24.5 Å². The zero-order valence-corrected chi connectivity index (χ0v) is 12.2. The lowest BCUT2D eigenvalue weighted by atomic mass is 9.85. The Bertz CT molecular complexity index is 617. The smallest absolute Gasteiger partial charge is 0.225 e. The molecule has 21 heavy (non-hydrogen) atoms. The van der Waals surface area contributed by atoms with Crippen molar-refractivity contribution in [2.24, 2.45) is 11.8 Å². The molecule has 1 amide bonds. The van der Waals surface area contributed by atoms with Gasteiger partial charge in [-0.3, -0.25) is 4.79 Å². The van der Waals surface area contributed by atoms with Gasteiger partial charge in [0.15, 0.2) is 5.65 Å². The lowest BCUT2D eigenvalue weighted by Gasteiger charge is -2.28. The Kier molecular flexibility index (Phi) is 4.15. The minimum atomic E-state index is 0.0380. The molecule has 0 aromatic carbocycles. The summed E-state index contributed by atoms with van der Waals surface area (Å²) in [6.45, 7) is 4.28. The van der Waals surface area contributed by atoms with Crippen LogP contribution in [0.1, 0.15) is 26.2 Å². The predicted octanol–water partition coefficient (Wildman–Crippen LogP) is 1.69. The number of amides is 1. The van der Waals surface area contributed by atoms with Crippen molar-refractivity contribution in [3.05, 3.63) is 24.5 Å². The Labute approximate surface area is 123 Å². The van der Waals surface area contributed by atoms with E-state index in [1.54, 1.807) is 23.0 Å². The van der Waals surface area contributed by atoms with Crippen LogP contribution >= 0.6 is 0 Å². The van der Waals surface area contributed by atoms with E-state index in [0.717, 1.165) is 18.7 Å². The van der Waals surface area contributed by atoms with Gasteiger partial charge in [-0.1, -0.05) is 6.92 Å². The molecule has 2 unspecified atom stereocenters. The summed E-state index contributed by atoms with van der Waals surface area (Å²) >= 11 is 0. The Morgan fingerprint density at radius 2 is 2.43 bits per heavy atom. The number of carbonyl (C=O) groups excluding carboxylic acids is 1. The van der Waals surface area contributed by atoms with Gasteiger partial charge >= 0.3 is 0 Å². The molecule has 0 bridgehead atoms. The monoisotopic (exact) mass is 287 g/mol. The molecular formula is C15H21N5O. The minimum Gasteiger partial charge on any atom is -0.316 e. The fraction of sp³-hybridized carbons (Fsp3) is 0.533. The number of carbonyl (C=O) groups is 1. The van der Waals surface area contributed by atoms with Crippen molar-refractivity contribution >= 4 is 17.4 Å². The van der Waals surface area contributed by atoms with Gasteiger partial charge in [-0.25, -0.2) is 4.98 Å². The van der Waals surface area contributed by atoms with E-state index in [2.05, 4.69) is 27.6 Å². The molecule has 2 atom stereocenters. The van der Waals surface area contributed by atoms with E-state index in [0.29, 0.717) is 24.1 Å². The first-order valence-electron chi connectivity index (χ1n) is 7.53. The van der Waals surface area contributed by atoms with Gasteiger partial charge in [0.05, 0.1) is 6.20 Å². The van der Waals surface area contributed by atoms with Crippen molar-refractivity contribution in [2.45, 2.75) is 26.2 Å².